The van der Waals surface area contributed by atoms with Crippen molar-refractivity contribution in [2.75, 3.05) is 0 Å². The van der Waals surface area contributed by atoms with Crippen LogP contribution in [-0.4, -0.2) is 11.2 Å². The molecule has 1 nitrogen and oxygen atoms in total. The third-order valence-electron chi connectivity index (χ3n) is 8.01. The van der Waals surface area contributed by atoms with E-state index in [1.54, 1.807) is 5.57 Å². The van der Waals surface area contributed by atoms with Crippen molar-refractivity contribution in [3.05, 3.63) is 36.5 Å². The zero-order chi connectivity index (χ0) is 15.5. The van der Waals surface area contributed by atoms with E-state index in [9.17, 15) is 5.11 Å². The summed E-state index contributed by atoms with van der Waals surface area (Å²) in [5.41, 5.74) is 3.43. The summed E-state index contributed by atoms with van der Waals surface area (Å²) in [4.78, 5) is 0. The Balaban J connectivity index is 1.70. The van der Waals surface area contributed by atoms with Gasteiger partial charge in [0.2, 0.25) is 0 Å². The van der Waals surface area contributed by atoms with Crippen LogP contribution in [0.25, 0.3) is 0 Å². The average molecular weight is 298 g/mol. The van der Waals surface area contributed by atoms with Gasteiger partial charge >= 0.3 is 0 Å². The summed E-state index contributed by atoms with van der Waals surface area (Å²) >= 11 is 0. The molecule has 0 aromatic heterocycles. The minimum absolute atomic E-state index is 0.0248. The zero-order valence-corrected chi connectivity index (χ0v) is 14.0. The lowest BCUT2D eigenvalue weighted by Gasteiger charge is -2.58. The maximum Gasteiger partial charge on any atom is 0.0633 e. The maximum atomic E-state index is 10.6. The summed E-state index contributed by atoms with van der Waals surface area (Å²) in [6.07, 6.45) is 14.0. The molecule has 0 aromatic carbocycles. The lowest BCUT2D eigenvalue weighted by molar-refractivity contribution is -0.0570. The molecule has 3 fully saturated rings. The van der Waals surface area contributed by atoms with Crippen molar-refractivity contribution < 1.29 is 5.11 Å². The van der Waals surface area contributed by atoms with Crippen LogP contribution in [0.4, 0.5) is 0 Å². The van der Waals surface area contributed by atoms with E-state index in [0.717, 1.165) is 24.7 Å². The normalized spacial score (nSPS) is 50.6. The molecule has 0 heterocycles. The summed E-state index contributed by atoms with van der Waals surface area (Å²) in [7, 11) is 0. The van der Waals surface area contributed by atoms with Crippen LogP contribution in [0.3, 0.4) is 0 Å². The number of allylic oxidation sites excluding steroid dienone is 3. The topological polar surface area (TPSA) is 20.2 Å². The molecular formula is C21H30O. The first-order valence-corrected chi connectivity index (χ1v) is 9.22. The smallest absolute Gasteiger partial charge is 0.0633 e. The van der Waals surface area contributed by atoms with Crippen LogP contribution in [0.1, 0.15) is 58.3 Å². The maximum absolute atomic E-state index is 10.6. The lowest BCUT2D eigenvalue weighted by Crippen LogP contribution is -2.51. The minimum atomic E-state index is -0.146. The molecule has 0 aromatic rings. The van der Waals surface area contributed by atoms with E-state index in [4.69, 9.17) is 0 Å². The second kappa shape index (κ2) is 4.84. The van der Waals surface area contributed by atoms with Crippen molar-refractivity contribution >= 4 is 0 Å². The van der Waals surface area contributed by atoms with Gasteiger partial charge in [-0.1, -0.05) is 36.8 Å². The molecule has 22 heavy (non-hydrogen) atoms. The van der Waals surface area contributed by atoms with E-state index in [0.29, 0.717) is 11.3 Å². The van der Waals surface area contributed by atoms with E-state index in [1.165, 1.54) is 44.1 Å². The molecule has 0 saturated heterocycles. The Morgan fingerprint density at radius 2 is 1.95 bits per heavy atom. The Morgan fingerprint density at radius 1 is 1.14 bits per heavy atom. The molecule has 0 spiro atoms. The van der Waals surface area contributed by atoms with Gasteiger partial charge in [0.05, 0.1) is 6.10 Å². The van der Waals surface area contributed by atoms with Gasteiger partial charge in [-0.05, 0) is 74.5 Å². The minimum Gasteiger partial charge on any atom is -0.392 e. The highest BCUT2D eigenvalue weighted by Gasteiger charge is 2.59. The van der Waals surface area contributed by atoms with Gasteiger partial charge in [-0.25, -0.2) is 0 Å². The first kappa shape index (κ1) is 14.8. The number of aliphatic hydroxyl groups is 1. The fourth-order valence-corrected chi connectivity index (χ4v) is 6.74. The molecule has 120 valence electrons. The average Bonchev–Trinajstić information content (AvgIpc) is 2.86. The molecule has 3 saturated carbocycles. The molecule has 0 amide bonds. The van der Waals surface area contributed by atoms with Crippen LogP contribution in [0.5, 0.6) is 0 Å². The molecule has 4 aliphatic rings. The van der Waals surface area contributed by atoms with Crippen LogP contribution in [0, 0.1) is 28.6 Å². The van der Waals surface area contributed by atoms with Crippen LogP contribution < -0.4 is 0 Å². The molecular weight excluding hydrogens is 268 g/mol. The van der Waals surface area contributed by atoms with Gasteiger partial charge in [0.1, 0.15) is 0 Å². The van der Waals surface area contributed by atoms with E-state index in [1.807, 2.05) is 0 Å². The van der Waals surface area contributed by atoms with Crippen LogP contribution in [0.15, 0.2) is 36.5 Å². The van der Waals surface area contributed by atoms with E-state index in [-0.39, 0.29) is 11.5 Å². The van der Waals surface area contributed by atoms with Crippen molar-refractivity contribution in [1.82, 2.24) is 0 Å². The Morgan fingerprint density at radius 3 is 2.73 bits per heavy atom. The Labute approximate surface area is 135 Å². The molecule has 0 unspecified atom stereocenters. The quantitative estimate of drug-likeness (QED) is 0.673. The van der Waals surface area contributed by atoms with Crippen molar-refractivity contribution in [3.8, 4) is 0 Å². The fourth-order valence-electron chi connectivity index (χ4n) is 6.74. The number of aliphatic hydroxyl groups excluding tert-OH is 1. The van der Waals surface area contributed by atoms with E-state index < -0.39 is 0 Å². The molecule has 1 N–H and O–H groups in total. The molecule has 0 aliphatic heterocycles. The molecule has 4 aliphatic carbocycles. The Kier molecular flexibility index (Phi) is 3.24. The number of hydrogen-bond acceptors (Lipinski definition) is 1. The van der Waals surface area contributed by atoms with Crippen molar-refractivity contribution in [2.24, 2.45) is 28.6 Å². The number of fused-ring (bicyclic) bond motifs is 5. The SMILES string of the molecule is C=C[C@]12CC[C@H]3[C@@H](CCC4=CC(=C)CC[C@@]43C)[C@@H]1CC[C@@H]2O. The van der Waals surface area contributed by atoms with Crippen LogP contribution in [0.2, 0.25) is 0 Å². The van der Waals surface area contributed by atoms with E-state index in [2.05, 4.69) is 32.2 Å². The predicted molar refractivity (Wildman–Crippen MR) is 91.4 cm³/mol. The summed E-state index contributed by atoms with van der Waals surface area (Å²) < 4.78 is 0. The van der Waals surface area contributed by atoms with Crippen molar-refractivity contribution in [1.29, 1.82) is 0 Å². The van der Waals surface area contributed by atoms with Crippen molar-refractivity contribution in [2.45, 2.75) is 64.4 Å². The Hall–Kier alpha value is -0.820. The third-order valence-corrected chi connectivity index (χ3v) is 8.01. The van der Waals surface area contributed by atoms with Gasteiger partial charge in [-0.3, -0.25) is 0 Å². The highest BCUT2D eigenvalue weighted by atomic mass is 16.3. The summed E-state index contributed by atoms with van der Waals surface area (Å²) in [6, 6.07) is 0. The predicted octanol–water partition coefficient (Wildman–Crippen LogP) is 5.03. The summed E-state index contributed by atoms with van der Waals surface area (Å²) in [6.45, 7) is 10.9. The fraction of sp³-hybridized carbons (Fsp3) is 0.714. The monoisotopic (exact) mass is 298 g/mol. The highest BCUT2D eigenvalue weighted by Crippen LogP contribution is 2.65. The number of rotatable bonds is 1. The van der Waals surface area contributed by atoms with Gasteiger partial charge in [0.15, 0.2) is 0 Å². The van der Waals surface area contributed by atoms with Gasteiger partial charge in [0.25, 0.3) is 0 Å². The summed E-state index contributed by atoms with van der Waals surface area (Å²) in [5.74, 6) is 2.27. The molecule has 4 rings (SSSR count). The first-order chi connectivity index (χ1) is 10.5. The molecule has 1 heteroatoms. The standard InChI is InChI=1S/C21H30O/c1-4-21-12-10-17-16(18(21)7-8-19(21)22)6-5-15-13-14(2)9-11-20(15,17)3/h4,13,16-19,22H,1-2,5-12H2,3H3/t16-,17+,18+,19+,20+,21+/m1/s1. The first-order valence-electron chi connectivity index (χ1n) is 9.22. The van der Waals surface area contributed by atoms with Gasteiger partial charge in [-0.15, -0.1) is 6.58 Å². The Bertz CT molecular complexity index is 544. The second-order valence-corrected chi connectivity index (χ2v) is 8.61. The lowest BCUT2D eigenvalue weighted by atomic mass is 9.47. The largest absolute Gasteiger partial charge is 0.392 e. The van der Waals surface area contributed by atoms with Crippen LogP contribution in [-0.2, 0) is 0 Å². The zero-order valence-electron chi connectivity index (χ0n) is 14.0. The molecule has 0 bridgehead atoms. The van der Waals surface area contributed by atoms with Gasteiger partial charge in [0, 0.05) is 5.41 Å². The van der Waals surface area contributed by atoms with Gasteiger partial charge < -0.3 is 5.11 Å². The molecule has 6 atom stereocenters. The molecule has 0 radical (unpaired) electrons. The highest BCUT2D eigenvalue weighted by molar-refractivity contribution is 5.33. The van der Waals surface area contributed by atoms with Crippen molar-refractivity contribution in [3.63, 3.8) is 0 Å². The summed E-state index contributed by atoms with van der Waals surface area (Å²) in [5, 5.41) is 10.6. The second-order valence-electron chi connectivity index (χ2n) is 8.61. The van der Waals surface area contributed by atoms with Gasteiger partial charge in [-0.2, -0.15) is 0 Å². The third kappa shape index (κ3) is 1.75. The van der Waals surface area contributed by atoms with Crippen LogP contribution >= 0.6 is 0 Å². The van der Waals surface area contributed by atoms with E-state index >= 15 is 0 Å². The number of hydrogen-bond donors (Lipinski definition) is 1.